The molecule has 0 bridgehead atoms. The first-order chi connectivity index (χ1) is 6.86. The summed E-state index contributed by atoms with van der Waals surface area (Å²) in [5.74, 6) is 0. The lowest BCUT2D eigenvalue weighted by atomic mass is 10.1. The molecule has 0 fully saturated rings. The molecule has 72 valence electrons. The molecule has 2 aromatic heterocycles. The van der Waals surface area contributed by atoms with Crippen LogP contribution in [0.3, 0.4) is 0 Å². The zero-order valence-corrected chi connectivity index (χ0v) is 8.05. The van der Waals surface area contributed by atoms with Gasteiger partial charge in [0.25, 0.3) is 0 Å². The second-order valence-electron chi connectivity index (χ2n) is 2.79. The third-order valence-electron chi connectivity index (χ3n) is 1.77. The number of nitrogens with zero attached hydrogens (tertiary/aromatic N) is 4. The summed E-state index contributed by atoms with van der Waals surface area (Å²) in [4.78, 5) is 7.66. The molecule has 2 rings (SSSR count). The molecule has 2 heterocycles. The maximum atomic E-state index is 9.75. The minimum Gasteiger partial charge on any atom is -0.388 e. The molecule has 0 aromatic carbocycles. The lowest BCUT2D eigenvalue weighted by Crippen LogP contribution is -2.03. The number of aromatic nitrogens is 4. The number of aliphatic hydroxyl groups excluding tert-OH is 1. The molecule has 1 atom stereocenters. The number of aliphatic hydroxyl groups is 1. The summed E-state index contributed by atoms with van der Waals surface area (Å²) in [7, 11) is 0. The van der Waals surface area contributed by atoms with E-state index in [-0.39, 0.29) is 0 Å². The van der Waals surface area contributed by atoms with E-state index in [1.54, 1.807) is 12.4 Å². The van der Waals surface area contributed by atoms with Gasteiger partial charge in [0.15, 0.2) is 0 Å². The van der Waals surface area contributed by atoms with Crippen LogP contribution < -0.4 is 0 Å². The maximum Gasteiger partial charge on any atom is 0.115 e. The Balaban J connectivity index is 2.07. The predicted octanol–water partition coefficient (Wildman–Crippen LogP) is 0.604. The molecule has 2 aromatic rings. The quantitative estimate of drug-likeness (QED) is 0.799. The van der Waals surface area contributed by atoms with Crippen molar-refractivity contribution in [2.24, 2.45) is 0 Å². The first-order valence-electron chi connectivity index (χ1n) is 4.05. The van der Waals surface area contributed by atoms with Crippen LogP contribution in [0.1, 0.15) is 17.4 Å². The second kappa shape index (κ2) is 4.21. The minimum atomic E-state index is -0.611. The average Bonchev–Trinajstić information content (AvgIpc) is 2.72. The van der Waals surface area contributed by atoms with E-state index in [9.17, 15) is 5.11 Å². The molecule has 1 unspecified atom stereocenters. The number of hydrogen-bond donors (Lipinski definition) is 1. The molecule has 0 spiro atoms. The van der Waals surface area contributed by atoms with E-state index in [4.69, 9.17) is 0 Å². The fraction of sp³-hybridized carbons (Fsp3) is 0.250. The first-order valence-corrected chi connectivity index (χ1v) is 4.89. The van der Waals surface area contributed by atoms with Crippen LogP contribution in [0.4, 0.5) is 0 Å². The van der Waals surface area contributed by atoms with Gasteiger partial charge in [-0.25, -0.2) is 9.97 Å². The van der Waals surface area contributed by atoms with Gasteiger partial charge in [-0.15, -0.1) is 5.10 Å². The summed E-state index contributed by atoms with van der Waals surface area (Å²) >= 11 is 1.27. The van der Waals surface area contributed by atoms with Gasteiger partial charge in [0.2, 0.25) is 0 Å². The highest BCUT2D eigenvalue weighted by Gasteiger charge is 2.10. The van der Waals surface area contributed by atoms with E-state index in [0.29, 0.717) is 12.0 Å². The van der Waals surface area contributed by atoms with Crippen LogP contribution in [0.2, 0.25) is 0 Å². The number of rotatable bonds is 3. The van der Waals surface area contributed by atoms with Crippen LogP contribution in [0.25, 0.3) is 0 Å². The summed E-state index contributed by atoms with van der Waals surface area (Å²) in [5.41, 5.74) is 1.48. The Morgan fingerprint density at radius 1 is 1.36 bits per heavy atom. The Morgan fingerprint density at radius 3 is 2.79 bits per heavy atom. The zero-order valence-electron chi connectivity index (χ0n) is 7.24. The molecule has 6 heteroatoms. The number of hydrogen-bond acceptors (Lipinski definition) is 6. The van der Waals surface area contributed by atoms with Crippen molar-refractivity contribution >= 4 is 11.5 Å². The maximum absolute atomic E-state index is 9.75. The third-order valence-corrected chi connectivity index (χ3v) is 2.33. The smallest absolute Gasteiger partial charge is 0.115 e. The van der Waals surface area contributed by atoms with Crippen molar-refractivity contribution in [2.45, 2.75) is 12.5 Å². The topological polar surface area (TPSA) is 71.8 Å². The molecule has 0 aliphatic rings. The summed E-state index contributed by atoms with van der Waals surface area (Å²) in [6.45, 7) is 0. The molecule has 0 amide bonds. The van der Waals surface area contributed by atoms with Gasteiger partial charge in [-0.1, -0.05) is 4.49 Å². The molecule has 5 nitrogen and oxygen atoms in total. The summed E-state index contributed by atoms with van der Waals surface area (Å²) in [6, 6.07) is 0. The van der Waals surface area contributed by atoms with Crippen molar-refractivity contribution in [1.82, 2.24) is 19.6 Å². The Bertz CT molecular complexity index is 378. The zero-order chi connectivity index (χ0) is 9.80. The van der Waals surface area contributed by atoms with E-state index in [0.717, 1.165) is 5.69 Å². The first kappa shape index (κ1) is 9.17. The van der Waals surface area contributed by atoms with Gasteiger partial charge in [-0.2, -0.15) is 0 Å². The lowest BCUT2D eigenvalue weighted by Gasteiger charge is -2.06. The van der Waals surface area contributed by atoms with Crippen molar-refractivity contribution in [1.29, 1.82) is 0 Å². The van der Waals surface area contributed by atoms with E-state index in [1.807, 2.05) is 5.38 Å². The highest BCUT2D eigenvalue weighted by Crippen LogP contribution is 2.15. The summed E-state index contributed by atoms with van der Waals surface area (Å²) < 4.78 is 3.72. The Kier molecular flexibility index (Phi) is 2.76. The van der Waals surface area contributed by atoms with Crippen molar-refractivity contribution in [3.63, 3.8) is 0 Å². The van der Waals surface area contributed by atoms with Gasteiger partial charge in [0.1, 0.15) is 6.33 Å². The van der Waals surface area contributed by atoms with E-state index in [1.165, 1.54) is 17.9 Å². The fourth-order valence-corrected chi connectivity index (χ4v) is 1.54. The van der Waals surface area contributed by atoms with Crippen LogP contribution in [-0.2, 0) is 6.42 Å². The van der Waals surface area contributed by atoms with Gasteiger partial charge < -0.3 is 5.11 Å². The Labute approximate surface area is 84.6 Å². The van der Waals surface area contributed by atoms with Crippen molar-refractivity contribution < 1.29 is 5.11 Å². The van der Waals surface area contributed by atoms with Crippen LogP contribution in [0.5, 0.6) is 0 Å². The second-order valence-corrected chi connectivity index (χ2v) is 3.40. The molecule has 1 N–H and O–H groups in total. The predicted molar refractivity (Wildman–Crippen MR) is 50.6 cm³/mol. The van der Waals surface area contributed by atoms with E-state index in [2.05, 4.69) is 19.6 Å². The van der Waals surface area contributed by atoms with Crippen LogP contribution in [-0.4, -0.2) is 24.7 Å². The van der Waals surface area contributed by atoms with Crippen molar-refractivity contribution in [3.05, 3.63) is 35.4 Å². The van der Waals surface area contributed by atoms with Gasteiger partial charge in [-0.3, -0.25) is 0 Å². The Hall–Kier alpha value is -1.40. The SMILES string of the molecule is OC(Cc1csnn1)c1cncnc1. The molecule has 0 aliphatic heterocycles. The molecular formula is C8H8N4OS. The van der Waals surface area contributed by atoms with Gasteiger partial charge >= 0.3 is 0 Å². The van der Waals surface area contributed by atoms with E-state index >= 15 is 0 Å². The fourth-order valence-electron chi connectivity index (χ4n) is 1.07. The highest BCUT2D eigenvalue weighted by molar-refractivity contribution is 7.03. The summed E-state index contributed by atoms with van der Waals surface area (Å²) in [6.07, 6.45) is 4.46. The van der Waals surface area contributed by atoms with Gasteiger partial charge in [-0.05, 0) is 11.5 Å². The lowest BCUT2D eigenvalue weighted by molar-refractivity contribution is 0.176. The standard InChI is InChI=1S/C8H8N4OS/c13-8(1-7-4-14-12-11-7)6-2-9-5-10-3-6/h2-5,8,13H,1H2. The van der Waals surface area contributed by atoms with Crippen LogP contribution in [0, 0.1) is 0 Å². The largest absolute Gasteiger partial charge is 0.388 e. The monoisotopic (exact) mass is 208 g/mol. The molecule has 0 aliphatic carbocycles. The molecule has 0 radical (unpaired) electrons. The molecular weight excluding hydrogens is 200 g/mol. The van der Waals surface area contributed by atoms with Gasteiger partial charge in [0, 0.05) is 29.8 Å². The average molecular weight is 208 g/mol. The van der Waals surface area contributed by atoms with Crippen LogP contribution >= 0.6 is 11.5 Å². The van der Waals surface area contributed by atoms with E-state index < -0.39 is 6.10 Å². The summed E-state index contributed by atoms with van der Waals surface area (Å²) in [5, 5.41) is 15.4. The Morgan fingerprint density at radius 2 is 2.14 bits per heavy atom. The highest BCUT2D eigenvalue weighted by atomic mass is 32.1. The third kappa shape index (κ3) is 2.09. The molecule has 0 saturated heterocycles. The van der Waals surface area contributed by atoms with Crippen molar-refractivity contribution in [2.75, 3.05) is 0 Å². The van der Waals surface area contributed by atoms with Crippen molar-refractivity contribution in [3.8, 4) is 0 Å². The van der Waals surface area contributed by atoms with Crippen LogP contribution in [0.15, 0.2) is 24.1 Å². The molecule has 14 heavy (non-hydrogen) atoms. The van der Waals surface area contributed by atoms with Gasteiger partial charge in [0.05, 0.1) is 11.8 Å². The molecule has 0 saturated carbocycles. The minimum absolute atomic E-state index is 0.448. The normalized spacial score (nSPS) is 12.6.